The topological polar surface area (TPSA) is 28.9 Å². The third kappa shape index (κ3) is 5.08. The highest BCUT2D eigenvalue weighted by Crippen LogP contribution is 2.17. The number of hydrogen-bond donors (Lipinski definition) is 2. The SMILES string of the molecule is CCOc1ccc(NC(=S)N2CCC([NH+](C)C(C)CC)CC2)cc1. The second-order valence-electron chi connectivity index (χ2n) is 6.70. The Hall–Kier alpha value is -1.33. The number of nitrogens with one attached hydrogen (secondary N) is 2. The van der Waals surface area contributed by atoms with Crippen molar-refractivity contribution in [3.8, 4) is 5.75 Å². The van der Waals surface area contributed by atoms with E-state index in [-0.39, 0.29) is 0 Å². The smallest absolute Gasteiger partial charge is 0.173 e. The zero-order chi connectivity index (χ0) is 17.5. The van der Waals surface area contributed by atoms with Gasteiger partial charge in [-0.3, -0.25) is 0 Å². The van der Waals surface area contributed by atoms with Crippen LogP contribution in [0.25, 0.3) is 0 Å². The van der Waals surface area contributed by atoms with Crippen LogP contribution in [-0.2, 0) is 0 Å². The molecule has 2 unspecified atom stereocenters. The largest absolute Gasteiger partial charge is 0.494 e. The van der Waals surface area contributed by atoms with Crippen molar-refractivity contribution in [1.29, 1.82) is 0 Å². The number of hydrogen-bond acceptors (Lipinski definition) is 2. The average Bonchev–Trinajstić information content (AvgIpc) is 2.62. The van der Waals surface area contributed by atoms with Crippen LogP contribution in [-0.4, -0.2) is 48.8 Å². The van der Waals surface area contributed by atoms with Gasteiger partial charge in [-0.2, -0.15) is 0 Å². The Morgan fingerprint density at radius 2 is 1.92 bits per heavy atom. The van der Waals surface area contributed by atoms with Crippen LogP contribution in [0.2, 0.25) is 0 Å². The summed E-state index contributed by atoms with van der Waals surface area (Å²) in [6.45, 7) is 9.39. The van der Waals surface area contributed by atoms with Gasteiger partial charge < -0.3 is 19.9 Å². The summed E-state index contributed by atoms with van der Waals surface area (Å²) >= 11 is 5.60. The summed E-state index contributed by atoms with van der Waals surface area (Å²) in [5.41, 5.74) is 1.02. The van der Waals surface area contributed by atoms with E-state index in [9.17, 15) is 0 Å². The minimum atomic E-state index is 0.688. The lowest BCUT2D eigenvalue weighted by atomic mass is 10.0. The quantitative estimate of drug-likeness (QED) is 0.772. The Bertz CT molecular complexity index is 512. The van der Waals surface area contributed by atoms with Crippen molar-refractivity contribution in [2.45, 2.75) is 52.1 Å². The molecule has 1 aliphatic rings. The zero-order valence-corrected chi connectivity index (χ0v) is 16.3. The molecule has 0 bridgehead atoms. The molecule has 4 nitrogen and oxygen atoms in total. The normalized spacial score (nSPS) is 18.1. The maximum absolute atomic E-state index is 5.60. The lowest BCUT2D eigenvalue weighted by Gasteiger charge is -2.37. The van der Waals surface area contributed by atoms with E-state index >= 15 is 0 Å². The van der Waals surface area contributed by atoms with E-state index < -0.39 is 0 Å². The summed E-state index contributed by atoms with van der Waals surface area (Å²) in [4.78, 5) is 3.97. The lowest BCUT2D eigenvalue weighted by molar-refractivity contribution is -0.930. The monoisotopic (exact) mass is 350 g/mol. The van der Waals surface area contributed by atoms with Gasteiger partial charge in [0.15, 0.2) is 5.11 Å². The molecule has 0 aliphatic carbocycles. The highest BCUT2D eigenvalue weighted by atomic mass is 32.1. The summed E-state index contributed by atoms with van der Waals surface area (Å²) in [6.07, 6.45) is 3.66. The highest BCUT2D eigenvalue weighted by Gasteiger charge is 2.28. The molecule has 2 rings (SSSR count). The fourth-order valence-corrected chi connectivity index (χ4v) is 3.57. The van der Waals surface area contributed by atoms with Crippen LogP contribution in [0.1, 0.15) is 40.0 Å². The van der Waals surface area contributed by atoms with Gasteiger partial charge in [-0.05, 0) is 56.8 Å². The van der Waals surface area contributed by atoms with Crippen LogP contribution < -0.4 is 15.0 Å². The number of rotatable bonds is 6. The molecule has 0 spiro atoms. The Labute approximate surface area is 152 Å². The fourth-order valence-electron chi connectivity index (χ4n) is 3.27. The molecule has 1 fully saturated rings. The van der Waals surface area contributed by atoms with Crippen molar-refractivity contribution in [3.05, 3.63) is 24.3 Å². The Morgan fingerprint density at radius 3 is 2.46 bits per heavy atom. The van der Waals surface area contributed by atoms with Crippen LogP contribution in [0.5, 0.6) is 5.75 Å². The maximum Gasteiger partial charge on any atom is 0.173 e. The van der Waals surface area contributed by atoms with Gasteiger partial charge in [-0.1, -0.05) is 6.92 Å². The first kappa shape index (κ1) is 19.0. The minimum Gasteiger partial charge on any atom is -0.494 e. The van der Waals surface area contributed by atoms with E-state index in [1.54, 1.807) is 4.90 Å². The van der Waals surface area contributed by atoms with Crippen LogP contribution >= 0.6 is 12.2 Å². The highest BCUT2D eigenvalue weighted by molar-refractivity contribution is 7.80. The molecule has 0 aromatic heterocycles. The summed E-state index contributed by atoms with van der Waals surface area (Å²) in [6, 6.07) is 9.48. The van der Waals surface area contributed by atoms with Gasteiger partial charge in [0.1, 0.15) is 5.75 Å². The molecule has 2 N–H and O–H groups in total. The first-order chi connectivity index (χ1) is 11.5. The van der Waals surface area contributed by atoms with E-state index in [0.29, 0.717) is 6.61 Å². The van der Waals surface area contributed by atoms with Gasteiger partial charge in [0.2, 0.25) is 0 Å². The fraction of sp³-hybridized carbons (Fsp3) is 0.632. The standard InChI is InChI=1S/C19H31N3OS/c1-5-15(3)21(4)17-11-13-22(14-12-17)19(24)20-16-7-9-18(10-8-16)23-6-2/h7-10,15,17H,5-6,11-14H2,1-4H3,(H,20,24)/p+1. The molecule has 1 aromatic carbocycles. The van der Waals surface area contributed by atoms with Crippen molar-refractivity contribution in [2.75, 3.05) is 32.1 Å². The Kier molecular flexibility index (Phi) is 7.31. The van der Waals surface area contributed by atoms with Gasteiger partial charge in [-0.25, -0.2) is 0 Å². The number of anilines is 1. The van der Waals surface area contributed by atoms with Gasteiger partial charge in [0, 0.05) is 31.6 Å². The van der Waals surface area contributed by atoms with E-state index in [2.05, 4.69) is 31.1 Å². The third-order valence-electron chi connectivity index (χ3n) is 5.23. The van der Waals surface area contributed by atoms with Crippen LogP contribution in [0.3, 0.4) is 0 Å². The molecular formula is C19H32N3OS+. The van der Waals surface area contributed by atoms with Crippen molar-refractivity contribution < 1.29 is 9.64 Å². The molecule has 1 aromatic rings. The molecule has 134 valence electrons. The van der Waals surface area contributed by atoms with Crippen LogP contribution in [0.4, 0.5) is 5.69 Å². The molecule has 1 saturated heterocycles. The van der Waals surface area contributed by atoms with Gasteiger partial charge >= 0.3 is 0 Å². The second kappa shape index (κ2) is 9.23. The summed E-state index contributed by atoms with van der Waals surface area (Å²) < 4.78 is 5.47. The summed E-state index contributed by atoms with van der Waals surface area (Å²) in [7, 11) is 2.34. The predicted octanol–water partition coefficient (Wildman–Crippen LogP) is 2.56. The molecule has 2 atom stereocenters. The van der Waals surface area contributed by atoms with Gasteiger partial charge in [0.05, 0.1) is 25.7 Å². The van der Waals surface area contributed by atoms with Crippen LogP contribution in [0, 0.1) is 0 Å². The van der Waals surface area contributed by atoms with Crippen LogP contribution in [0.15, 0.2) is 24.3 Å². The van der Waals surface area contributed by atoms with E-state index in [1.807, 2.05) is 31.2 Å². The second-order valence-corrected chi connectivity index (χ2v) is 7.09. The van der Waals surface area contributed by atoms with Crippen molar-refractivity contribution in [3.63, 3.8) is 0 Å². The lowest BCUT2D eigenvalue weighted by Crippen LogP contribution is -3.16. The number of nitrogens with zero attached hydrogens (tertiary/aromatic N) is 1. The Balaban J connectivity index is 1.82. The summed E-state index contributed by atoms with van der Waals surface area (Å²) in [5.74, 6) is 0.894. The van der Waals surface area contributed by atoms with E-state index in [4.69, 9.17) is 17.0 Å². The first-order valence-corrected chi connectivity index (χ1v) is 9.58. The van der Waals surface area contributed by atoms with Crippen molar-refractivity contribution in [2.24, 2.45) is 0 Å². The van der Waals surface area contributed by atoms with Gasteiger partial charge in [0.25, 0.3) is 0 Å². The third-order valence-corrected chi connectivity index (χ3v) is 5.59. The molecular weight excluding hydrogens is 318 g/mol. The molecule has 0 saturated carbocycles. The molecule has 5 heteroatoms. The first-order valence-electron chi connectivity index (χ1n) is 9.17. The van der Waals surface area contributed by atoms with E-state index in [0.717, 1.165) is 41.7 Å². The summed E-state index contributed by atoms with van der Waals surface area (Å²) in [5, 5.41) is 4.19. The number of benzene rings is 1. The molecule has 24 heavy (non-hydrogen) atoms. The number of likely N-dealkylation sites (tertiary alicyclic amines) is 1. The zero-order valence-electron chi connectivity index (χ0n) is 15.5. The van der Waals surface area contributed by atoms with Crippen molar-refractivity contribution >= 4 is 23.0 Å². The van der Waals surface area contributed by atoms with Crippen molar-refractivity contribution in [1.82, 2.24) is 4.90 Å². The van der Waals surface area contributed by atoms with E-state index in [1.165, 1.54) is 19.3 Å². The number of ether oxygens (including phenoxy) is 1. The molecule has 0 amide bonds. The Morgan fingerprint density at radius 1 is 1.29 bits per heavy atom. The number of thiocarbonyl (C=S) groups is 1. The number of piperidine rings is 1. The molecule has 1 heterocycles. The predicted molar refractivity (Wildman–Crippen MR) is 105 cm³/mol. The maximum atomic E-state index is 5.60. The van der Waals surface area contributed by atoms with Gasteiger partial charge in [-0.15, -0.1) is 0 Å². The average molecular weight is 351 g/mol. The minimum absolute atomic E-state index is 0.688. The number of quaternary nitrogens is 1. The molecule has 1 aliphatic heterocycles. The molecule has 0 radical (unpaired) electrons.